The van der Waals surface area contributed by atoms with Crippen LogP contribution in [0.2, 0.25) is 0 Å². The van der Waals surface area contributed by atoms with Crippen molar-refractivity contribution in [3.63, 3.8) is 0 Å². The van der Waals surface area contributed by atoms with Crippen molar-refractivity contribution in [2.24, 2.45) is 28.6 Å². The Hall–Kier alpha value is -1.45. The zero-order valence-corrected chi connectivity index (χ0v) is 19.9. The highest BCUT2D eigenvalue weighted by Crippen LogP contribution is 2.68. The Morgan fingerprint density at radius 2 is 1.77 bits per heavy atom. The number of fused-ring (bicyclic) bond motifs is 5. The molecule has 31 heavy (non-hydrogen) atoms. The van der Waals surface area contributed by atoms with Crippen LogP contribution in [0, 0.1) is 28.6 Å². The van der Waals surface area contributed by atoms with Crippen molar-refractivity contribution in [3.05, 3.63) is 11.6 Å². The van der Waals surface area contributed by atoms with E-state index in [1.165, 1.54) is 5.57 Å². The van der Waals surface area contributed by atoms with Gasteiger partial charge < -0.3 is 4.74 Å². The summed E-state index contributed by atoms with van der Waals surface area (Å²) >= 11 is 0. The number of ketones is 2. The minimum Gasteiger partial charge on any atom is -0.450 e. The highest BCUT2D eigenvalue weighted by molar-refractivity contribution is 5.91. The van der Waals surface area contributed by atoms with Gasteiger partial charge in [-0.1, -0.05) is 39.2 Å². The van der Waals surface area contributed by atoms with Gasteiger partial charge in [0.05, 0.1) is 0 Å². The Balaban J connectivity index is 1.59. The van der Waals surface area contributed by atoms with Gasteiger partial charge in [-0.2, -0.15) is 0 Å². The van der Waals surface area contributed by atoms with E-state index < -0.39 is 5.60 Å². The fourth-order valence-corrected chi connectivity index (χ4v) is 8.14. The number of carbonyl (C=O) groups is 3. The minimum absolute atomic E-state index is 0.0330. The lowest BCUT2D eigenvalue weighted by Gasteiger charge is -2.59. The van der Waals surface area contributed by atoms with Crippen molar-refractivity contribution in [2.45, 2.75) is 110 Å². The number of unbranched alkanes of at least 4 members (excludes halogenated alkanes) is 2. The van der Waals surface area contributed by atoms with E-state index in [-0.39, 0.29) is 28.4 Å². The summed E-state index contributed by atoms with van der Waals surface area (Å²) < 4.78 is 6.16. The molecule has 4 aliphatic rings. The molecule has 4 aliphatic carbocycles. The minimum atomic E-state index is -0.953. The van der Waals surface area contributed by atoms with Crippen LogP contribution in [0.3, 0.4) is 0 Å². The topological polar surface area (TPSA) is 60.4 Å². The molecule has 0 aromatic heterocycles. The zero-order valence-electron chi connectivity index (χ0n) is 19.9. The number of Topliss-reactive ketones (excluding diaryl/α,β-unsaturated/α-hetero) is 1. The van der Waals surface area contributed by atoms with Gasteiger partial charge >= 0.3 is 5.97 Å². The first-order valence-electron chi connectivity index (χ1n) is 12.6. The normalized spacial score (nSPS) is 41.6. The van der Waals surface area contributed by atoms with E-state index in [2.05, 4.69) is 20.8 Å². The second kappa shape index (κ2) is 8.15. The Labute approximate surface area is 187 Å². The molecule has 0 aliphatic heterocycles. The summed E-state index contributed by atoms with van der Waals surface area (Å²) in [5, 5.41) is 0. The van der Waals surface area contributed by atoms with Gasteiger partial charge in [0.1, 0.15) is 0 Å². The van der Waals surface area contributed by atoms with Crippen molar-refractivity contribution in [3.8, 4) is 0 Å². The third kappa shape index (κ3) is 3.43. The maximum Gasteiger partial charge on any atom is 0.306 e. The molecule has 0 amide bonds. The maximum absolute atomic E-state index is 13.1. The van der Waals surface area contributed by atoms with Gasteiger partial charge in [0.25, 0.3) is 0 Å². The smallest absolute Gasteiger partial charge is 0.306 e. The number of ether oxygens (including phenoxy) is 1. The van der Waals surface area contributed by atoms with E-state index in [0.717, 1.165) is 57.8 Å². The molecule has 0 spiro atoms. The Bertz CT molecular complexity index is 797. The molecule has 4 nitrogen and oxygen atoms in total. The highest BCUT2D eigenvalue weighted by atomic mass is 16.6. The standard InChI is InChI=1S/C27H40O4/c1-5-6-7-8-24(30)31-27(18(2)28)16-13-23-21-10-9-19-17-20(29)11-14-25(19,3)22(21)12-15-26(23,27)4/h17,21-23H,5-16H2,1-4H3/t21?,22?,23?,25-,26-,27+/m0/s1. The molecule has 0 radical (unpaired) electrons. The monoisotopic (exact) mass is 428 g/mol. The van der Waals surface area contributed by atoms with Crippen LogP contribution in [-0.4, -0.2) is 23.1 Å². The molecular weight excluding hydrogens is 388 g/mol. The third-order valence-corrected chi connectivity index (χ3v) is 9.92. The number of rotatable bonds is 6. The molecule has 172 valence electrons. The molecule has 0 N–H and O–H groups in total. The number of hydrogen-bond donors (Lipinski definition) is 0. The summed E-state index contributed by atoms with van der Waals surface area (Å²) in [6.07, 6.45) is 12.6. The van der Waals surface area contributed by atoms with E-state index in [1.54, 1.807) is 6.92 Å². The van der Waals surface area contributed by atoms with Crippen LogP contribution in [0.5, 0.6) is 0 Å². The Morgan fingerprint density at radius 3 is 2.48 bits per heavy atom. The lowest BCUT2D eigenvalue weighted by Crippen LogP contribution is -2.58. The average molecular weight is 429 g/mol. The highest BCUT2D eigenvalue weighted by Gasteiger charge is 2.67. The first kappa shape index (κ1) is 22.7. The van der Waals surface area contributed by atoms with Crippen LogP contribution >= 0.6 is 0 Å². The second-order valence-corrected chi connectivity index (χ2v) is 11.3. The largest absolute Gasteiger partial charge is 0.450 e. The quantitative estimate of drug-likeness (QED) is 0.386. The predicted molar refractivity (Wildman–Crippen MR) is 120 cm³/mol. The summed E-state index contributed by atoms with van der Waals surface area (Å²) in [6.45, 7) is 8.37. The van der Waals surface area contributed by atoms with Crippen LogP contribution in [0.4, 0.5) is 0 Å². The first-order chi connectivity index (χ1) is 14.7. The molecule has 4 heteroatoms. The molecule has 3 unspecified atom stereocenters. The fourth-order valence-electron chi connectivity index (χ4n) is 8.14. The predicted octanol–water partition coefficient (Wildman–Crippen LogP) is 5.97. The van der Waals surface area contributed by atoms with Crippen molar-refractivity contribution < 1.29 is 19.1 Å². The van der Waals surface area contributed by atoms with Crippen molar-refractivity contribution in [1.82, 2.24) is 0 Å². The van der Waals surface area contributed by atoms with Crippen molar-refractivity contribution in [2.75, 3.05) is 0 Å². The fraction of sp³-hybridized carbons (Fsp3) is 0.815. The number of hydrogen-bond acceptors (Lipinski definition) is 4. The maximum atomic E-state index is 13.1. The van der Waals surface area contributed by atoms with Gasteiger partial charge in [-0.3, -0.25) is 14.4 Å². The lowest BCUT2D eigenvalue weighted by molar-refractivity contribution is -0.189. The SMILES string of the molecule is CCCCCC(=O)O[C@@]1(C(C)=O)CCC2C3CCC4=CC(=O)CC[C@]4(C)C3CC[C@@]21C. The summed E-state index contributed by atoms with van der Waals surface area (Å²) in [7, 11) is 0. The summed E-state index contributed by atoms with van der Waals surface area (Å²) in [5.41, 5.74) is 0.261. The molecule has 0 aromatic rings. The van der Waals surface area contributed by atoms with Crippen molar-refractivity contribution >= 4 is 17.5 Å². The van der Waals surface area contributed by atoms with Gasteiger partial charge in [0.2, 0.25) is 0 Å². The van der Waals surface area contributed by atoms with E-state index in [9.17, 15) is 14.4 Å². The summed E-state index contributed by atoms with van der Waals surface area (Å²) in [5.74, 6) is 1.66. The number of carbonyl (C=O) groups excluding carboxylic acids is 3. The van der Waals surface area contributed by atoms with Crippen LogP contribution in [0.25, 0.3) is 0 Å². The van der Waals surface area contributed by atoms with Gasteiger partial charge in [0.15, 0.2) is 17.2 Å². The van der Waals surface area contributed by atoms with Crippen LogP contribution < -0.4 is 0 Å². The Kier molecular flexibility index (Phi) is 5.98. The average Bonchev–Trinajstić information content (AvgIpc) is 3.02. The molecule has 3 fully saturated rings. The molecular formula is C27H40O4. The summed E-state index contributed by atoms with van der Waals surface area (Å²) in [4.78, 5) is 37.8. The zero-order chi connectivity index (χ0) is 22.4. The molecule has 3 saturated carbocycles. The lowest BCUT2D eigenvalue weighted by atomic mass is 9.46. The van der Waals surface area contributed by atoms with Gasteiger partial charge in [0, 0.05) is 18.3 Å². The molecule has 6 atom stereocenters. The summed E-state index contributed by atoms with van der Waals surface area (Å²) in [6, 6.07) is 0. The number of esters is 1. The van der Waals surface area contributed by atoms with E-state index in [1.807, 2.05) is 6.08 Å². The van der Waals surface area contributed by atoms with Gasteiger partial charge in [-0.05, 0) is 87.5 Å². The van der Waals surface area contributed by atoms with Crippen LogP contribution in [-0.2, 0) is 19.1 Å². The van der Waals surface area contributed by atoms with Crippen LogP contribution in [0.1, 0.15) is 105 Å². The Morgan fingerprint density at radius 1 is 1.03 bits per heavy atom. The van der Waals surface area contributed by atoms with E-state index in [4.69, 9.17) is 4.74 Å². The second-order valence-electron chi connectivity index (χ2n) is 11.3. The van der Waals surface area contributed by atoms with Gasteiger partial charge in [-0.15, -0.1) is 0 Å². The van der Waals surface area contributed by atoms with E-state index in [0.29, 0.717) is 37.0 Å². The van der Waals surface area contributed by atoms with Gasteiger partial charge in [-0.25, -0.2) is 0 Å². The molecule has 0 aromatic carbocycles. The molecule has 0 bridgehead atoms. The first-order valence-corrected chi connectivity index (χ1v) is 12.6. The van der Waals surface area contributed by atoms with Crippen molar-refractivity contribution in [1.29, 1.82) is 0 Å². The molecule has 0 heterocycles. The van der Waals surface area contributed by atoms with Crippen LogP contribution in [0.15, 0.2) is 11.6 Å². The molecule has 0 saturated heterocycles. The molecule has 4 rings (SSSR count). The van der Waals surface area contributed by atoms with E-state index >= 15 is 0 Å². The third-order valence-electron chi connectivity index (χ3n) is 9.92. The number of allylic oxidation sites excluding steroid dienone is 1.